The van der Waals surface area contributed by atoms with Crippen LogP contribution >= 0.6 is 12.4 Å². The van der Waals surface area contributed by atoms with Crippen molar-refractivity contribution >= 4 is 12.4 Å². The van der Waals surface area contributed by atoms with Crippen molar-refractivity contribution in [3.8, 4) is 0 Å². The lowest BCUT2D eigenvalue weighted by atomic mass is 9.55. The van der Waals surface area contributed by atoms with E-state index in [1.807, 2.05) is 0 Å². The lowest BCUT2D eigenvalue weighted by Crippen LogP contribution is -2.43. The number of nitrogens with one attached hydrogen (secondary N) is 1. The van der Waals surface area contributed by atoms with Crippen molar-refractivity contribution < 1.29 is 0 Å². The minimum absolute atomic E-state index is 0. The fraction of sp³-hybridized carbons (Fsp3) is 1.00. The highest BCUT2D eigenvalue weighted by molar-refractivity contribution is 5.85. The minimum Gasteiger partial charge on any atom is -0.319 e. The van der Waals surface area contributed by atoms with Crippen LogP contribution in [0.25, 0.3) is 0 Å². The zero-order valence-electron chi connectivity index (χ0n) is 8.64. The second kappa shape index (κ2) is 4.65. The van der Waals surface area contributed by atoms with Crippen molar-refractivity contribution in [3.63, 3.8) is 0 Å². The van der Waals surface area contributed by atoms with Gasteiger partial charge in [0.1, 0.15) is 0 Å². The molecular weight excluding hydrogens is 182 g/mol. The number of halogens is 1. The highest BCUT2D eigenvalue weighted by Gasteiger charge is 2.44. The molecule has 0 aliphatic heterocycles. The van der Waals surface area contributed by atoms with Crippen LogP contribution in [0.2, 0.25) is 0 Å². The van der Waals surface area contributed by atoms with E-state index in [-0.39, 0.29) is 12.4 Å². The molecule has 1 spiro atoms. The Bertz CT molecular complexity index is 152. The standard InChI is InChI=1S/C11H21N.ClH/c1-12-9-10-5-2-3-6-11(10)7-4-8-11;/h10,12H,2-9H2,1H3;1H. The topological polar surface area (TPSA) is 12.0 Å². The fourth-order valence-electron chi connectivity index (χ4n) is 3.23. The Morgan fingerprint density at radius 1 is 1.15 bits per heavy atom. The summed E-state index contributed by atoms with van der Waals surface area (Å²) in [6.07, 6.45) is 10.5. The Balaban J connectivity index is 0.000000845. The Morgan fingerprint density at radius 2 is 1.85 bits per heavy atom. The van der Waals surface area contributed by atoms with Gasteiger partial charge >= 0.3 is 0 Å². The first kappa shape index (κ1) is 11.3. The number of rotatable bonds is 2. The van der Waals surface area contributed by atoms with Crippen molar-refractivity contribution in [2.24, 2.45) is 11.3 Å². The van der Waals surface area contributed by atoms with Crippen LogP contribution in [0.4, 0.5) is 0 Å². The normalized spacial score (nSPS) is 30.7. The highest BCUT2D eigenvalue weighted by Crippen LogP contribution is 2.54. The Morgan fingerprint density at radius 3 is 2.38 bits per heavy atom. The van der Waals surface area contributed by atoms with Crippen molar-refractivity contribution in [1.29, 1.82) is 0 Å². The second-order valence-corrected chi connectivity index (χ2v) is 4.72. The van der Waals surface area contributed by atoms with Crippen LogP contribution in [0, 0.1) is 11.3 Å². The van der Waals surface area contributed by atoms with Gasteiger partial charge in [0.25, 0.3) is 0 Å². The van der Waals surface area contributed by atoms with Crippen molar-refractivity contribution in [2.75, 3.05) is 13.6 Å². The van der Waals surface area contributed by atoms with E-state index in [2.05, 4.69) is 12.4 Å². The third-order valence-corrected chi connectivity index (χ3v) is 4.14. The van der Waals surface area contributed by atoms with Crippen LogP contribution in [-0.4, -0.2) is 13.6 Å². The van der Waals surface area contributed by atoms with Crippen LogP contribution in [0.5, 0.6) is 0 Å². The van der Waals surface area contributed by atoms with Gasteiger partial charge in [-0.25, -0.2) is 0 Å². The Kier molecular flexibility index (Phi) is 4.06. The summed E-state index contributed by atoms with van der Waals surface area (Å²) in [6.45, 7) is 1.26. The first-order valence-electron chi connectivity index (χ1n) is 5.52. The van der Waals surface area contributed by atoms with Gasteiger partial charge in [0.15, 0.2) is 0 Å². The van der Waals surface area contributed by atoms with E-state index in [1.165, 1.54) is 51.5 Å². The molecule has 0 aromatic carbocycles. The predicted molar refractivity (Wildman–Crippen MR) is 59.4 cm³/mol. The molecule has 0 heterocycles. The molecule has 1 atom stereocenters. The fourth-order valence-corrected chi connectivity index (χ4v) is 3.23. The van der Waals surface area contributed by atoms with Gasteiger partial charge in [0.2, 0.25) is 0 Å². The maximum atomic E-state index is 3.36. The molecule has 2 heteroatoms. The number of hydrogen-bond donors (Lipinski definition) is 1. The van der Waals surface area contributed by atoms with Gasteiger partial charge in [0, 0.05) is 0 Å². The smallest absolute Gasteiger partial charge is 0.00182 e. The van der Waals surface area contributed by atoms with Crippen LogP contribution in [0.3, 0.4) is 0 Å². The van der Waals surface area contributed by atoms with Gasteiger partial charge in [0.05, 0.1) is 0 Å². The van der Waals surface area contributed by atoms with Gasteiger partial charge in [-0.1, -0.05) is 19.3 Å². The molecule has 1 N–H and O–H groups in total. The quantitative estimate of drug-likeness (QED) is 0.728. The van der Waals surface area contributed by atoms with Crippen molar-refractivity contribution in [2.45, 2.75) is 44.9 Å². The van der Waals surface area contributed by atoms with E-state index in [0.717, 1.165) is 11.3 Å². The Labute approximate surface area is 88.1 Å². The van der Waals surface area contributed by atoms with E-state index < -0.39 is 0 Å². The summed E-state index contributed by atoms with van der Waals surface area (Å²) in [5.41, 5.74) is 0.807. The molecular formula is C11H22ClN. The monoisotopic (exact) mass is 203 g/mol. The van der Waals surface area contributed by atoms with Crippen LogP contribution in [-0.2, 0) is 0 Å². The third kappa shape index (κ3) is 2.02. The van der Waals surface area contributed by atoms with Crippen LogP contribution in [0.15, 0.2) is 0 Å². The number of hydrogen-bond acceptors (Lipinski definition) is 1. The minimum atomic E-state index is 0. The summed E-state index contributed by atoms with van der Waals surface area (Å²) in [5.74, 6) is 1.00. The third-order valence-electron chi connectivity index (χ3n) is 4.14. The zero-order chi connectivity index (χ0) is 8.44. The summed E-state index contributed by atoms with van der Waals surface area (Å²) in [6, 6.07) is 0. The Hall–Kier alpha value is 0.250. The van der Waals surface area contributed by atoms with Gasteiger partial charge in [-0.2, -0.15) is 0 Å². The summed E-state index contributed by atoms with van der Waals surface area (Å²) in [7, 11) is 2.10. The molecule has 0 bridgehead atoms. The second-order valence-electron chi connectivity index (χ2n) is 4.72. The average molecular weight is 204 g/mol. The van der Waals surface area contributed by atoms with Gasteiger partial charge in [-0.05, 0) is 50.6 Å². The summed E-state index contributed by atoms with van der Waals surface area (Å²) in [4.78, 5) is 0. The summed E-state index contributed by atoms with van der Waals surface area (Å²) < 4.78 is 0. The van der Waals surface area contributed by atoms with Crippen LogP contribution < -0.4 is 5.32 Å². The van der Waals surface area contributed by atoms with Gasteiger partial charge in [-0.15, -0.1) is 12.4 Å². The largest absolute Gasteiger partial charge is 0.319 e. The zero-order valence-corrected chi connectivity index (χ0v) is 9.46. The highest BCUT2D eigenvalue weighted by atomic mass is 35.5. The SMILES string of the molecule is CNCC1CCCCC12CCC2.Cl. The molecule has 2 rings (SSSR count). The molecule has 0 aromatic rings. The molecule has 0 radical (unpaired) electrons. The molecule has 0 amide bonds. The molecule has 13 heavy (non-hydrogen) atoms. The van der Waals surface area contributed by atoms with Crippen LogP contribution in [0.1, 0.15) is 44.9 Å². The molecule has 2 saturated carbocycles. The summed E-state index contributed by atoms with van der Waals surface area (Å²) >= 11 is 0. The van der Waals surface area contributed by atoms with Crippen molar-refractivity contribution in [3.05, 3.63) is 0 Å². The lowest BCUT2D eigenvalue weighted by molar-refractivity contribution is 0.00840. The van der Waals surface area contributed by atoms with Crippen molar-refractivity contribution in [1.82, 2.24) is 5.32 Å². The molecule has 1 unspecified atom stereocenters. The first-order chi connectivity index (χ1) is 5.87. The van der Waals surface area contributed by atoms with E-state index in [9.17, 15) is 0 Å². The lowest BCUT2D eigenvalue weighted by Gasteiger charge is -2.51. The summed E-state index contributed by atoms with van der Waals surface area (Å²) in [5, 5.41) is 3.36. The molecule has 2 fully saturated rings. The van der Waals surface area contributed by atoms with E-state index >= 15 is 0 Å². The molecule has 2 aliphatic rings. The van der Waals surface area contributed by atoms with E-state index in [0.29, 0.717) is 0 Å². The predicted octanol–water partition coefficient (Wildman–Crippen LogP) is 2.99. The maximum Gasteiger partial charge on any atom is -0.00182 e. The van der Waals surface area contributed by atoms with E-state index in [1.54, 1.807) is 0 Å². The molecule has 1 nitrogen and oxygen atoms in total. The van der Waals surface area contributed by atoms with Gasteiger partial charge in [-0.3, -0.25) is 0 Å². The molecule has 2 aliphatic carbocycles. The van der Waals surface area contributed by atoms with E-state index in [4.69, 9.17) is 0 Å². The average Bonchev–Trinajstić information content (AvgIpc) is 2.03. The molecule has 78 valence electrons. The first-order valence-corrected chi connectivity index (χ1v) is 5.52. The van der Waals surface area contributed by atoms with Gasteiger partial charge < -0.3 is 5.32 Å². The molecule has 0 saturated heterocycles. The maximum absolute atomic E-state index is 3.36. The molecule has 0 aromatic heterocycles.